The maximum absolute atomic E-state index is 2.51. The summed E-state index contributed by atoms with van der Waals surface area (Å²) in [6.07, 6.45) is 13.0. The lowest BCUT2D eigenvalue weighted by Gasteiger charge is -2.15. The molecule has 0 N–H and O–H groups in total. The molecule has 0 aliphatic rings. The molecule has 0 fully saturated rings. The van der Waals surface area contributed by atoms with Crippen LogP contribution in [-0.2, 0) is 23.7 Å². The zero-order valence-corrected chi connectivity index (χ0v) is 36.2. The minimum Gasteiger partial charge on any atom is -0.139 e. The molecule has 0 aromatic carbocycles. The zero-order valence-electron chi connectivity index (χ0n) is 31.3. The molecule has 0 spiro atoms. The summed E-state index contributed by atoms with van der Waals surface area (Å²) in [5, 5.41) is 0. The number of rotatable bonds is 15. The third kappa shape index (κ3) is 9.04. The summed E-state index contributed by atoms with van der Waals surface area (Å²) in [7, 11) is 0. The first kappa shape index (κ1) is 37.9. The van der Waals surface area contributed by atoms with Crippen molar-refractivity contribution in [3.8, 4) is 50.1 Å². The van der Waals surface area contributed by atoms with E-state index >= 15 is 0 Å². The standard InChI is InChI=1S/C44H54S6/c1-9-11-13-15-17-29-19-21-35(45-29)37-25-23-33(47-37)31-27-39(43(3,4)5)49-41(31)42-32(28-40(50-42)44(6,7)8)34-24-26-38(48-34)36-22-20-30(46-36)18-16-14-12-10-2/h19-28H,9-18H2,1-8H3. The van der Waals surface area contributed by atoms with Gasteiger partial charge >= 0.3 is 0 Å². The van der Waals surface area contributed by atoms with E-state index in [0.29, 0.717) is 0 Å². The molecule has 0 amide bonds. The van der Waals surface area contributed by atoms with Crippen LogP contribution >= 0.6 is 68.0 Å². The van der Waals surface area contributed by atoms with Crippen LogP contribution in [0.25, 0.3) is 50.1 Å². The molecule has 0 aliphatic carbocycles. The molecular formula is C44H54S6. The van der Waals surface area contributed by atoms with Gasteiger partial charge in [-0.15, -0.1) is 68.0 Å². The van der Waals surface area contributed by atoms with Gasteiger partial charge in [0.25, 0.3) is 0 Å². The Labute approximate surface area is 326 Å². The van der Waals surface area contributed by atoms with Crippen LogP contribution in [-0.4, -0.2) is 0 Å². The maximum Gasteiger partial charge on any atom is 0.0538 e. The molecule has 0 nitrogen and oxygen atoms in total. The van der Waals surface area contributed by atoms with Gasteiger partial charge in [0.2, 0.25) is 0 Å². The summed E-state index contributed by atoms with van der Waals surface area (Å²) >= 11 is 12.0. The molecule has 6 aromatic rings. The monoisotopic (exact) mass is 774 g/mol. The van der Waals surface area contributed by atoms with E-state index in [2.05, 4.69) is 116 Å². The minimum atomic E-state index is 0.0893. The van der Waals surface area contributed by atoms with Crippen LogP contribution in [0.15, 0.2) is 60.7 Å². The Morgan fingerprint density at radius 1 is 0.400 bits per heavy atom. The van der Waals surface area contributed by atoms with Crippen LogP contribution in [0, 0.1) is 0 Å². The Bertz CT molecular complexity index is 1820. The topological polar surface area (TPSA) is 0 Å². The number of aryl methyl sites for hydroxylation is 2. The number of hydrogen-bond acceptors (Lipinski definition) is 6. The lowest BCUT2D eigenvalue weighted by molar-refractivity contribution is 0.604. The van der Waals surface area contributed by atoms with Crippen LogP contribution in [0.4, 0.5) is 0 Å². The third-order valence-corrected chi connectivity index (χ3v) is 17.5. The van der Waals surface area contributed by atoms with Crippen molar-refractivity contribution in [1.82, 2.24) is 0 Å². The minimum absolute atomic E-state index is 0.0893. The molecule has 50 heavy (non-hydrogen) atoms. The molecule has 0 saturated heterocycles. The molecule has 0 atom stereocenters. The van der Waals surface area contributed by atoms with Crippen molar-refractivity contribution in [2.24, 2.45) is 0 Å². The molecule has 0 radical (unpaired) electrons. The Kier molecular flexibility index (Phi) is 12.5. The number of unbranched alkanes of at least 4 members (excludes halogenated alkanes) is 6. The average molecular weight is 775 g/mol. The second kappa shape index (κ2) is 16.5. The van der Waals surface area contributed by atoms with Crippen LogP contribution in [0.1, 0.15) is 126 Å². The number of thiophene rings is 6. The molecular weight excluding hydrogens is 721 g/mol. The molecule has 6 aromatic heterocycles. The summed E-state index contributed by atoms with van der Waals surface area (Å²) < 4.78 is 0. The first-order chi connectivity index (χ1) is 23.9. The van der Waals surface area contributed by atoms with E-state index in [0.717, 1.165) is 0 Å². The molecule has 0 bridgehead atoms. The summed E-state index contributed by atoms with van der Waals surface area (Å²) in [4.78, 5) is 17.2. The fraction of sp³-hybridized carbons (Fsp3) is 0.455. The van der Waals surface area contributed by atoms with E-state index in [1.54, 1.807) is 0 Å². The second-order valence-corrected chi connectivity index (χ2v) is 22.3. The maximum atomic E-state index is 2.51. The van der Waals surface area contributed by atoms with E-state index in [4.69, 9.17) is 0 Å². The normalized spacial score (nSPS) is 12.4. The fourth-order valence-electron chi connectivity index (χ4n) is 6.20. The first-order valence-corrected chi connectivity index (χ1v) is 23.5. The Morgan fingerprint density at radius 3 is 1.14 bits per heavy atom. The molecule has 0 saturated carbocycles. The Hall–Kier alpha value is -1.80. The van der Waals surface area contributed by atoms with E-state index < -0.39 is 0 Å². The third-order valence-electron chi connectivity index (χ3n) is 9.25. The van der Waals surface area contributed by atoms with Gasteiger partial charge in [-0.1, -0.05) is 93.9 Å². The van der Waals surface area contributed by atoms with Crippen molar-refractivity contribution in [2.45, 2.75) is 130 Å². The predicted molar refractivity (Wildman–Crippen MR) is 234 cm³/mol. The highest BCUT2D eigenvalue weighted by atomic mass is 32.1. The lowest BCUT2D eigenvalue weighted by Crippen LogP contribution is -2.07. The van der Waals surface area contributed by atoms with Crippen LogP contribution in [0.3, 0.4) is 0 Å². The SMILES string of the molecule is CCCCCCc1ccc(-c2ccc(-c3cc(C(C)(C)C)sc3-c3sc(C(C)(C)C)cc3-c3ccc(-c4ccc(CCCCCC)s4)s3)s2)s1. The largest absolute Gasteiger partial charge is 0.139 e. The van der Waals surface area contributed by atoms with Crippen molar-refractivity contribution < 1.29 is 0 Å². The van der Waals surface area contributed by atoms with Gasteiger partial charge in [-0.25, -0.2) is 0 Å². The van der Waals surface area contributed by atoms with Crippen molar-refractivity contribution in [3.05, 3.63) is 80.2 Å². The van der Waals surface area contributed by atoms with Gasteiger partial charge in [0.15, 0.2) is 0 Å². The summed E-state index contributed by atoms with van der Waals surface area (Å²) in [6.45, 7) is 18.8. The Morgan fingerprint density at radius 2 is 0.760 bits per heavy atom. The fourth-order valence-corrected chi connectivity index (χ4v) is 13.3. The van der Waals surface area contributed by atoms with Gasteiger partial charge in [0.1, 0.15) is 0 Å². The van der Waals surface area contributed by atoms with Crippen molar-refractivity contribution in [1.29, 1.82) is 0 Å². The van der Waals surface area contributed by atoms with E-state index in [1.807, 2.05) is 68.0 Å². The van der Waals surface area contributed by atoms with Crippen LogP contribution in [0.5, 0.6) is 0 Å². The van der Waals surface area contributed by atoms with Crippen molar-refractivity contribution >= 4 is 68.0 Å². The molecule has 6 heterocycles. The molecule has 0 unspecified atom stereocenters. The van der Waals surface area contributed by atoms with E-state index in [1.165, 1.54) is 134 Å². The average Bonchev–Trinajstić information content (AvgIpc) is 3.90. The van der Waals surface area contributed by atoms with Gasteiger partial charge in [0.05, 0.1) is 9.75 Å². The van der Waals surface area contributed by atoms with Gasteiger partial charge in [0, 0.05) is 59.9 Å². The lowest BCUT2D eigenvalue weighted by atomic mass is 9.93. The molecule has 266 valence electrons. The zero-order chi connectivity index (χ0) is 35.5. The van der Waals surface area contributed by atoms with Gasteiger partial charge in [-0.2, -0.15) is 0 Å². The molecule has 6 rings (SSSR count). The molecule has 6 heteroatoms. The predicted octanol–water partition coefficient (Wildman–Crippen LogP) is 17.2. The summed E-state index contributed by atoms with van der Waals surface area (Å²) in [5.41, 5.74) is 2.98. The highest BCUT2D eigenvalue weighted by Gasteiger charge is 2.28. The highest BCUT2D eigenvalue weighted by molar-refractivity contribution is 7.27. The second-order valence-electron chi connectivity index (χ2n) is 15.7. The molecule has 0 aliphatic heterocycles. The van der Waals surface area contributed by atoms with E-state index in [-0.39, 0.29) is 10.8 Å². The van der Waals surface area contributed by atoms with Gasteiger partial charge in [-0.05, 0) is 97.2 Å². The quantitative estimate of drug-likeness (QED) is 0.0912. The van der Waals surface area contributed by atoms with Crippen LogP contribution < -0.4 is 0 Å². The smallest absolute Gasteiger partial charge is 0.0538 e. The highest BCUT2D eigenvalue weighted by Crippen LogP contribution is 2.54. The number of hydrogen-bond donors (Lipinski definition) is 0. The van der Waals surface area contributed by atoms with Crippen molar-refractivity contribution in [3.63, 3.8) is 0 Å². The van der Waals surface area contributed by atoms with Gasteiger partial charge < -0.3 is 0 Å². The van der Waals surface area contributed by atoms with Gasteiger partial charge in [-0.3, -0.25) is 0 Å². The Balaban J connectivity index is 1.35. The summed E-state index contributed by atoms with van der Waals surface area (Å²) in [5.74, 6) is 0. The van der Waals surface area contributed by atoms with E-state index in [9.17, 15) is 0 Å². The summed E-state index contributed by atoms with van der Waals surface area (Å²) in [6, 6.07) is 24.0. The first-order valence-electron chi connectivity index (χ1n) is 18.6. The van der Waals surface area contributed by atoms with Crippen LogP contribution in [0.2, 0.25) is 0 Å². The van der Waals surface area contributed by atoms with Crippen molar-refractivity contribution in [2.75, 3.05) is 0 Å².